The van der Waals surface area contributed by atoms with E-state index >= 15 is 0 Å². The molecule has 128 valence electrons. The van der Waals surface area contributed by atoms with E-state index in [0.717, 1.165) is 0 Å². The average molecular weight is 342 g/mol. The molecule has 1 N–H and O–H groups in total. The highest BCUT2D eigenvalue weighted by Gasteiger charge is 2.20. The number of aromatic nitrogens is 2. The SMILES string of the molecule is CCOC(=O)c1nc2cc(CO)ccn2c1N=Nc1cccc(F)c1. The lowest BCUT2D eigenvalue weighted by atomic mass is 10.3. The summed E-state index contributed by atoms with van der Waals surface area (Å²) in [6.45, 7) is 1.72. The lowest BCUT2D eigenvalue weighted by molar-refractivity contribution is 0.0521. The van der Waals surface area contributed by atoms with Gasteiger partial charge in [-0.25, -0.2) is 14.2 Å². The molecule has 0 spiro atoms. The summed E-state index contributed by atoms with van der Waals surface area (Å²) in [5.41, 5.74) is 1.36. The number of aliphatic hydroxyl groups is 1. The number of rotatable bonds is 5. The summed E-state index contributed by atoms with van der Waals surface area (Å²) >= 11 is 0. The number of benzene rings is 1. The Morgan fingerprint density at radius 1 is 1.32 bits per heavy atom. The lowest BCUT2D eigenvalue weighted by Gasteiger charge is -2.00. The standard InChI is InChI=1S/C17H15FN4O3/c1-2-25-17(24)15-16(21-20-13-5-3-4-12(18)9-13)22-7-6-11(10-23)8-14(22)19-15/h3-9,23H,2,10H2,1H3. The second-order valence-corrected chi connectivity index (χ2v) is 5.11. The number of carbonyl (C=O) groups is 1. The second-order valence-electron chi connectivity index (χ2n) is 5.11. The highest BCUT2D eigenvalue weighted by molar-refractivity contribution is 5.93. The molecule has 0 bridgehead atoms. The normalized spacial score (nSPS) is 11.3. The van der Waals surface area contributed by atoms with Crippen LogP contribution in [0.25, 0.3) is 5.65 Å². The van der Waals surface area contributed by atoms with Gasteiger partial charge < -0.3 is 9.84 Å². The topological polar surface area (TPSA) is 88.5 Å². The Morgan fingerprint density at radius 3 is 2.88 bits per heavy atom. The van der Waals surface area contributed by atoms with Gasteiger partial charge in [-0.3, -0.25) is 4.40 Å². The number of carbonyl (C=O) groups excluding carboxylic acids is 1. The number of imidazole rings is 1. The number of hydrogen-bond acceptors (Lipinski definition) is 6. The summed E-state index contributed by atoms with van der Waals surface area (Å²) in [7, 11) is 0. The molecular weight excluding hydrogens is 327 g/mol. The van der Waals surface area contributed by atoms with Crippen LogP contribution >= 0.6 is 0 Å². The van der Waals surface area contributed by atoms with Gasteiger partial charge in [0, 0.05) is 12.3 Å². The number of hydrogen-bond donors (Lipinski definition) is 1. The van der Waals surface area contributed by atoms with Crippen molar-refractivity contribution in [2.45, 2.75) is 13.5 Å². The molecule has 0 aliphatic rings. The molecule has 2 aromatic heterocycles. The zero-order valence-electron chi connectivity index (χ0n) is 13.4. The van der Waals surface area contributed by atoms with E-state index in [1.165, 1.54) is 18.2 Å². The maximum atomic E-state index is 13.3. The summed E-state index contributed by atoms with van der Waals surface area (Å²) in [4.78, 5) is 16.4. The molecule has 3 rings (SSSR count). The van der Waals surface area contributed by atoms with Crippen molar-refractivity contribution in [2.75, 3.05) is 6.61 Å². The fourth-order valence-corrected chi connectivity index (χ4v) is 2.25. The first-order valence-electron chi connectivity index (χ1n) is 7.58. The third kappa shape index (κ3) is 3.53. The maximum absolute atomic E-state index is 13.3. The number of nitrogens with zero attached hydrogens (tertiary/aromatic N) is 4. The Hall–Kier alpha value is -3.13. The van der Waals surface area contributed by atoms with E-state index in [2.05, 4.69) is 15.2 Å². The van der Waals surface area contributed by atoms with E-state index in [1.54, 1.807) is 35.7 Å². The van der Waals surface area contributed by atoms with Crippen molar-refractivity contribution in [1.82, 2.24) is 9.38 Å². The molecule has 25 heavy (non-hydrogen) atoms. The Balaban J connectivity index is 2.10. The Bertz CT molecular complexity index is 952. The fourth-order valence-electron chi connectivity index (χ4n) is 2.25. The second kappa shape index (κ2) is 7.18. The van der Waals surface area contributed by atoms with Crippen LogP contribution in [0.5, 0.6) is 0 Å². The lowest BCUT2D eigenvalue weighted by Crippen LogP contribution is -2.05. The van der Waals surface area contributed by atoms with Crippen LogP contribution in [0.2, 0.25) is 0 Å². The zero-order chi connectivity index (χ0) is 17.8. The van der Waals surface area contributed by atoms with Crippen LogP contribution in [0.1, 0.15) is 23.0 Å². The number of azo groups is 1. The minimum absolute atomic E-state index is 0.00269. The van der Waals surface area contributed by atoms with Gasteiger partial charge in [0.15, 0.2) is 11.5 Å². The molecule has 0 saturated carbocycles. The molecule has 3 aromatic rings. The molecule has 0 unspecified atom stereocenters. The molecule has 0 amide bonds. The molecule has 0 fully saturated rings. The Labute approximate surface area is 142 Å². The van der Waals surface area contributed by atoms with E-state index in [-0.39, 0.29) is 24.7 Å². The van der Waals surface area contributed by atoms with Gasteiger partial charge in [0.25, 0.3) is 0 Å². The van der Waals surface area contributed by atoms with Gasteiger partial charge in [0.2, 0.25) is 0 Å². The Kier molecular flexibility index (Phi) is 4.80. The maximum Gasteiger partial charge on any atom is 0.360 e. The van der Waals surface area contributed by atoms with Crippen LogP contribution in [-0.4, -0.2) is 27.1 Å². The molecule has 0 aliphatic heterocycles. The third-order valence-corrected chi connectivity index (χ3v) is 3.39. The first kappa shape index (κ1) is 16.7. The monoisotopic (exact) mass is 342 g/mol. The van der Waals surface area contributed by atoms with Crippen LogP contribution < -0.4 is 0 Å². The van der Waals surface area contributed by atoms with Gasteiger partial charge in [-0.2, -0.15) is 0 Å². The van der Waals surface area contributed by atoms with E-state index in [1.807, 2.05) is 0 Å². The van der Waals surface area contributed by atoms with Crippen LogP contribution in [0.4, 0.5) is 15.9 Å². The third-order valence-electron chi connectivity index (χ3n) is 3.39. The molecule has 8 heteroatoms. The van der Waals surface area contributed by atoms with Crippen molar-refractivity contribution in [3.8, 4) is 0 Å². The summed E-state index contributed by atoms with van der Waals surface area (Å²) in [6, 6.07) is 8.92. The number of fused-ring (bicyclic) bond motifs is 1. The Morgan fingerprint density at radius 2 is 2.16 bits per heavy atom. The predicted molar refractivity (Wildman–Crippen MR) is 87.6 cm³/mol. The first-order valence-corrected chi connectivity index (χ1v) is 7.58. The minimum Gasteiger partial charge on any atom is -0.461 e. The van der Waals surface area contributed by atoms with E-state index in [9.17, 15) is 14.3 Å². The first-order chi connectivity index (χ1) is 12.1. The largest absolute Gasteiger partial charge is 0.461 e. The summed E-state index contributed by atoms with van der Waals surface area (Å²) < 4.78 is 19.8. The van der Waals surface area contributed by atoms with Crippen LogP contribution in [0.3, 0.4) is 0 Å². The van der Waals surface area contributed by atoms with Gasteiger partial charge in [-0.15, -0.1) is 10.2 Å². The zero-order valence-corrected chi connectivity index (χ0v) is 13.4. The smallest absolute Gasteiger partial charge is 0.360 e. The van der Waals surface area contributed by atoms with Gasteiger partial charge in [0.05, 0.1) is 18.9 Å². The molecule has 0 aliphatic carbocycles. The van der Waals surface area contributed by atoms with Crippen molar-refractivity contribution >= 4 is 23.1 Å². The predicted octanol–water partition coefficient (Wildman–Crippen LogP) is 3.56. The van der Waals surface area contributed by atoms with Crippen molar-refractivity contribution in [1.29, 1.82) is 0 Å². The van der Waals surface area contributed by atoms with Gasteiger partial charge >= 0.3 is 5.97 Å². The molecule has 0 saturated heterocycles. The molecular formula is C17H15FN4O3. The van der Waals surface area contributed by atoms with Crippen molar-refractivity contribution in [3.63, 3.8) is 0 Å². The number of aliphatic hydroxyl groups excluding tert-OH is 1. The van der Waals surface area contributed by atoms with Gasteiger partial charge in [-0.05, 0) is 36.8 Å². The van der Waals surface area contributed by atoms with E-state index < -0.39 is 11.8 Å². The molecule has 0 atom stereocenters. The summed E-state index contributed by atoms with van der Waals surface area (Å²) in [6.07, 6.45) is 1.62. The number of ether oxygens (including phenoxy) is 1. The summed E-state index contributed by atoms with van der Waals surface area (Å²) in [5.74, 6) is -0.903. The van der Waals surface area contributed by atoms with Gasteiger partial charge in [-0.1, -0.05) is 6.07 Å². The molecule has 7 nitrogen and oxygen atoms in total. The molecule has 0 radical (unpaired) electrons. The highest BCUT2D eigenvalue weighted by Crippen LogP contribution is 2.25. The number of esters is 1. The van der Waals surface area contributed by atoms with Crippen molar-refractivity contribution < 1.29 is 19.0 Å². The van der Waals surface area contributed by atoms with Crippen LogP contribution in [0.15, 0.2) is 52.8 Å². The quantitative estimate of drug-likeness (QED) is 0.567. The van der Waals surface area contributed by atoms with Crippen LogP contribution in [0, 0.1) is 5.82 Å². The molecule has 1 aromatic carbocycles. The number of pyridine rings is 1. The van der Waals surface area contributed by atoms with E-state index in [4.69, 9.17) is 4.74 Å². The average Bonchev–Trinajstić information content (AvgIpc) is 2.98. The van der Waals surface area contributed by atoms with Gasteiger partial charge in [0.1, 0.15) is 11.5 Å². The van der Waals surface area contributed by atoms with E-state index in [0.29, 0.717) is 16.9 Å². The van der Waals surface area contributed by atoms with Crippen LogP contribution in [-0.2, 0) is 11.3 Å². The fraction of sp³-hybridized carbons (Fsp3) is 0.176. The van der Waals surface area contributed by atoms with Crippen molar-refractivity contribution in [3.05, 3.63) is 59.7 Å². The summed E-state index contributed by atoms with van der Waals surface area (Å²) in [5, 5.41) is 17.3. The molecule has 2 heterocycles. The number of halogens is 1. The van der Waals surface area contributed by atoms with Crippen molar-refractivity contribution in [2.24, 2.45) is 10.2 Å². The minimum atomic E-state index is -0.634. The highest BCUT2D eigenvalue weighted by atomic mass is 19.1.